The van der Waals surface area contributed by atoms with E-state index in [1.165, 1.54) is 30.7 Å². The van der Waals surface area contributed by atoms with Gasteiger partial charge in [0.05, 0.1) is 18.5 Å². The van der Waals surface area contributed by atoms with Crippen LogP contribution in [0.5, 0.6) is 5.88 Å². The Kier molecular flexibility index (Phi) is 6.13. The third kappa shape index (κ3) is 5.41. The van der Waals surface area contributed by atoms with Crippen LogP contribution in [0.3, 0.4) is 0 Å². The molecule has 8 nitrogen and oxygen atoms in total. The molecular weight excluding hydrogens is 399 g/mol. The zero-order valence-electron chi connectivity index (χ0n) is 16.4. The van der Waals surface area contributed by atoms with Crippen molar-refractivity contribution >= 4 is 17.5 Å². The van der Waals surface area contributed by atoms with E-state index in [1.807, 2.05) is 30.3 Å². The van der Waals surface area contributed by atoms with Crippen molar-refractivity contribution in [1.82, 2.24) is 20.2 Å². The fraction of sp³-hybridized carbons (Fsp3) is 0.0909. The van der Waals surface area contributed by atoms with Gasteiger partial charge in [-0.1, -0.05) is 30.3 Å². The lowest BCUT2D eigenvalue weighted by molar-refractivity contribution is 0.262. The van der Waals surface area contributed by atoms with E-state index in [2.05, 4.69) is 30.8 Å². The first-order valence-electron chi connectivity index (χ1n) is 9.53. The van der Waals surface area contributed by atoms with E-state index >= 15 is 0 Å². The van der Waals surface area contributed by atoms with Crippen LogP contribution in [0.2, 0.25) is 0 Å². The number of nitrogens with one attached hydrogen (secondary N) is 3. The molecule has 3 N–H and O–H groups in total. The van der Waals surface area contributed by atoms with E-state index in [0.717, 1.165) is 11.3 Å². The fourth-order valence-electron chi connectivity index (χ4n) is 2.90. The standard InChI is InChI=1S/C22H19FN6O2/c23-18-7-6-17(12-16(18)8-11-31-21-14-24-9-10-25-21)26-22(30)27-20-13-19(28-29-20)15-4-2-1-3-5-15/h1-7,9-10,12-14H,8,11H2,(H3,26,27,28,29,30). The summed E-state index contributed by atoms with van der Waals surface area (Å²) < 4.78 is 19.6. The fourth-order valence-corrected chi connectivity index (χ4v) is 2.90. The highest BCUT2D eigenvalue weighted by Gasteiger charge is 2.10. The third-order valence-electron chi connectivity index (χ3n) is 4.37. The molecule has 0 aliphatic rings. The second kappa shape index (κ2) is 9.49. The Morgan fingerprint density at radius 1 is 1.06 bits per heavy atom. The lowest BCUT2D eigenvalue weighted by Gasteiger charge is -2.09. The first kappa shape index (κ1) is 20.0. The van der Waals surface area contributed by atoms with Crippen LogP contribution in [0.4, 0.5) is 20.7 Å². The Bertz CT molecular complexity index is 1150. The lowest BCUT2D eigenvalue weighted by Crippen LogP contribution is -2.19. The second-order valence-electron chi connectivity index (χ2n) is 6.56. The molecule has 31 heavy (non-hydrogen) atoms. The molecule has 0 saturated heterocycles. The minimum Gasteiger partial charge on any atom is -0.476 e. The molecule has 4 aromatic rings. The summed E-state index contributed by atoms with van der Waals surface area (Å²) in [5.41, 5.74) is 2.60. The summed E-state index contributed by atoms with van der Waals surface area (Å²) >= 11 is 0. The van der Waals surface area contributed by atoms with Gasteiger partial charge in [-0.05, 0) is 29.3 Å². The zero-order chi connectivity index (χ0) is 21.5. The van der Waals surface area contributed by atoms with E-state index in [1.54, 1.807) is 12.1 Å². The van der Waals surface area contributed by atoms with Crippen LogP contribution < -0.4 is 15.4 Å². The number of hydrogen-bond donors (Lipinski definition) is 3. The number of ether oxygens (including phenoxy) is 1. The molecule has 0 spiro atoms. The van der Waals surface area contributed by atoms with E-state index in [0.29, 0.717) is 29.4 Å². The average molecular weight is 418 g/mol. The van der Waals surface area contributed by atoms with Crippen molar-refractivity contribution in [2.24, 2.45) is 0 Å². The van der Waals surface area contributed by atoms with E-state index < -0.39 is 6.03 Å². The Morgan fingerprint density at radius 2 is 1.94 bits per heavy atom. The number of urea groups is 1. The van der Waals surface area contributed by atoms with E-state index in [9.17, 15) is 9.18 Å². The van der Waals surface area contributed by atoms with Crippen molar-refractivity contribution in [1.29, 1.82) is 0 Å². The van der Waals surface area contributed by atoms with Gasteiger partial charge in [0.1, 0.15) is 5.82 Å². The normalized spacial score (nSPS) is 10.5. The number of halogens is 1. The number of nitrogens with zero attached hydrogens (tertiary/aromatic N) is 3. The average Bonchev–Trinajstić information content (AvgIpc) is 3.25. The highest BCUT2D eigenvalue weighted by atomic mass is 19.1. The Morgan fingerprint density at radius 3 is 2.74 bits per heavy atom. The molecule has 0 unspecified atom stereocenters. The predicted octanol–water partition coefficient (Wildman–Crippen LogP) is 4.27. The highest BCUT2D eigenvalue weighted by molar-refractivity contribution is 5.99. The first-order chi connectivity index (χ1) is 15.2. The van der Waals surface area contributed by atoms with Crippen LogP contribution in [-0.4, -0.2) is 32.8 Å². The Labute approximate surface area is 177 Å². The molecule has 0 fully saturated rings. The van der Waals surface area contributed by atoms with Crippen LogP contribution in [0.25, 0.3) is 11.3 Å². The molecule has 0 aliphatic heterocycles. The van der Waals surface area contributed by atoms with Crippen molar-refractivity contribution in [3.8, 4) is 17.1 Å². The molecule has 156 valence electrons. The maximum atomic E-state index is 14.1. The van der Waals surface area contributed by atoms with Crippen molar-refractivity contribution in [3.63, 3.8) is 0 Å². The van der Waals surface area contributed by atoms with E-state index in [4.69, 9.17) is 4.74 Å². The topological polar surface area (TPSA) is 105 Å². The van der Waals surface area contributed by atoms with Crippen LogP contribution in [0.15, 0.2) is 73.2 Å². The van der Waals surface area contributed by atoms with Gasteiger partial charge in [-0.2, -0.15) is 5.10 Å². The molecule has 0 radical (unpaired) electrons. The number of anilines is 2. The number of carbonyl (C=O) groups excluding carboxylic acids is 1. The van der Waals surface area contributed by atoms with Gasteiger partial charge in [-0.15, -0.1) is 0 Å². The molecule has 2 aromatic carbocycles. The van der Waals surface area contributed by atoms with Crippen LogP contribution in [0.1, 0.15) is 5.56 Å². The highest BCUT2D eigenvalue weighted by Crippen LogP contribution is 2.20. The number of hydrogen-bond acceptors (Lipinski definition) is 5. The van der Waals surface area contributed by atoms with Gasteiger partial charge in [0.15, 0.2) is 5.82 Å². The van der Waals surface area contributed by atoms with E-state index in [-0.39, 0.29) is 12.4 Å². The number of benzene rings is 2. The number of aromatic nitrogens is 4. The van der Waals surface area contributed by atoms with Crippen LogP contribution in [0, 0.1) is 5.82 Å². The maximum Gasteiger partial charge on any atom is 0.324 e. The lowest BCUT2D eigenvalue weighted by atomic mass is 10.1. The summed E-state index contributed by atoms with van der Waals surface area (Å²) in [5, 5.41) is 12.3. The summed E-state index contributed by atoms with van der Waals surface area (Å²) in [6.45, 7) is 0.223. The summed E-state index contributed by atoms with van der Waals surface area (Å²) in [4.78, 5) is 20.2. The van der Waals surface area contributed by atoms with Gasteiger partial charge in [-0.25, -0.2) is 14.2 Å². The molecule has 2 heterocycles. The second-order valence-corrected chi connectivity index (χ2v) is 6.56. The van der Waals surface area contributed by atoms with Gasteiger partial charge in [-0.3, -0.25) is 15.4 Å². The van der Waals surface area contributed by atoms with Gasteiger partial charge < -0.3 is 10.1 Å². The molecule has 0 saturated carbocycles. The number of H-pyrrole nitrogens is 1. The number of carbonyl (C=O) groups is 1. The van der Waals surface area contributed by atoms with Gasteiger partial charge in [0.2, 0.25) is 5.88 Å². The summed E-state index contributed by atoms with van der Waals surface area (Å²) in [5.74, 6) is 0.356. The molecule has 0 bridgehead atoms. The molecular formula is C22H19FN6O2. The molecule has 0 atom stereocenters. The minimum atomic E-state index is -0.487. The van der Waals surface area contributed by atoms with Crippen molar-refractivity contribution in [3.05, 3.63) is 84.6 Å². The monoisotopic (exact) mass is 418 g/mol. The summed E-state index contributed by atoms with van der Waals surface area (Å²) in [6.07, 6.45) is 4.84. The first-order valence-corrected chi connectivity index (χ1v) is 9.53. The van der Waals surface area contributed by atoms with Crippen LogP contribution in [-0.2, 0) is 6.42 Å². The van der Waals surface area contributed by atoms with Gasteiger partial charge in [0, 0.05) is 30.6 Å². The Hall–Kier alpha value is -4.27. The summed E-state index contributed by atoms with van der Waals surface area (Å²) in [7, 11) is 0. The SMILES string of the molecule is O=C(Nc1ccc(F)c(CCOc2cnccn2)c1)Nc1cc(-c2ccccc2)[nH]n1. The Balaban J connectivity index is 1.34. The predicted molar refractivity (Wildman–Crippen MR) is 114 cm³/mol. The number of aromatic amines is 1. The quantitative estimate of drug-likeness (QED) is 0.416. The molecule has 2 aromatic heterocycles. The molecule has 2 amide bonds. The van der Waals surface area contributed by atoms with Crippen molar-refractivity contribution in [2.75, 3.05) is 17.2 Å². The smallest absolute Gasteiger partial charge is 0.324 e. The largest absolute Gasteiger partial charge is 0.476 e. The van der Waals surface area contributed by atoms with Gasteiger partial charge >= 0.3 is 6.03 Å². The molecule has 0 aliphatic carbocycles. The molecule has 4 rings (SSSR count). The van der Waals surface area contributed by atoms with Crippen LogP contribution >= 0.6 is 0 Å². The summed E-state index contributed by atoms with van der Waals surface area (Å²) in [6, 6.07) is 15.2. The maximum absolute atomic E-state index is 14.1. The molecule has 9 heteroatoms. The number of amides is 2. The number of rotatable bonds is 7. The van der Waals surface area contributed by atoms with Crippen molar-refractivity contribution < 1.29 is 13.9 Å². The third-order valence-corrected chi connectivity index (χ3v) is 4.37. The minimum absolute atomic E-state index is 0.223. The van der Waals surface area contributed by atoms with Crippen molar-refractivity contribution in [2.45, 2.75) is 6.42 Å². The van der Waals surface area contributed by atoms with Gasteiger partial charge in [0.25, 0.3) is 0 Å². The zero-order valence-corrected chi connectivity index (χ0v) is 16.4.